The molecular formula is C21H21BrClN3O3S. The number of urea groups is 1. The Morgan fingerprint density at radius 1 is 1.23 bits per heavy atom. The number of esters is 1. The summed E-state index contributed by atoms with van der Waals surface area (Å²) in [6.45, 7) is 3.82. The number of ether oxygens (including phenoxy) is 1. The second-order valence-corrected chi connectivity index (χ2v) is 8.88. The van der Waals surface area contributed by atoms with Crippen LogP contribution in [0, 0.1) is 5.41 Å². The maximum absolute atomic E-state index is 13.3. The van der Waals surface area contributed by atoms with Gasteiger partial charge in [-0.1, -0.05) is 39.7 Å². The smallest absolute Gasteiger partial charge is 0.355 e. The third-order valence-electron chi connectivity index (χ3n) is 4.69. The largest absolute Gasteiger partial charge is 0.465 e. The molecule has 1 atom stereocenters. The molecule has 3 rings (SSSR count). The number of rotatable bonds is 5. The zero-order valence-corrected chi connectivity index (χ0v) is 19.9. The van der Waals surface area contributed by atoms with Crippen molar-refractivity contribution in [3.63, 3.8) is 0 Å². The van der Waals surface area contributed by atoms with Crippen molar-refractivity contribution < 1.29 is 14.3 Å². The summed E-state index contributed by atoms with van der Waals surface area (Å²) < 4.78 is 7.76. The molecule has 9 heteroatoms. The molecule has 1 aliphatic rings. The lowest BCUT2D eigenvalue weighted by molar-refractivity contribution is -0.150. The van der Waals surface area contributed by atoms with Gasteiger partial charge in [0, 0.05) is 15.8 Å². The van der Waals surface area contributed by atoms with Crippen LogP contribution < -0.4 is 4.31 Å². The third-order valence-corrected chi connectivity index (χ3v) is 6.20. The second-order valence-electron chi connectivity index (χ2n) is 6.80. The minimum atomic E-state index is -1.09. The normalized spacial score (nSPS) is 18.2. The van der Waals surface area contributed by atoms with Gasteiger partial charge < -0.3 is 4.74 Å². The Bertz CT molecular complexity index is 968. The molecule has 30 heavy (non-hydrogen) atoms. The van der Waals surface area contributed by atoms with Gasteiger partial charge in [-0.3, -0.25) is 4.79 Å². The van der Waals surface area contributed by atoms with Gasteiger partial charge in [0.1, 0.15) is 5.41 Å². The third kappa shape index (κ3) is 4.50. The molecule has 0 aromatic heterocycles. The van der Waals surface area contributed by atoms with Crippen LogP contribution in [0.3, 0.4) is 0 Å². The molecule has 2 aromatic carbocycles. The Labute approximate surface area is 193 Å². The highest BCUT2D eigenvalue weighted by Gasteiger charge is 2.49. The van der Waals surface area contributed by atoms with Gasteiger partial charge in [-0.05, 0) is 67.8 Å². The zero-order valence-electron chi connectivity index (χ0n) is 16.8. The molecule has 1 aliphatic heterocycles. The van der Waals surface area contributed by atoms with Gasteiger partial charge in [0.15, 0.2) is 0 Å². The molecule has 0 aliphatic carbocycles. The van der Waals surface area contributed by atoms with Gasteiger partial charge in [0.05, 0.1) is 24.6 Å². The molecule has 0 N–H and O–H groups in total. The highest BCUT2D eigenvalue weighted by atomic mass is 79.9. The standard InChI is InChI=1S/C21H21BrClN3O3S/c1-4-29-19(27)21(2)13-25(24-18(21)14-5-9-16(23)10-6-14)20(28)26(30-3)17-11-7-15(22)8-12-17/h5-12H,4,13H2,1-3H3. The van der Waals surface area contributed by atoms with Gasteiger partial charge in [-0.2, -0.15) is 5.10 Å². The molecule has 0 spiro atoms. The number of anilines is 1. The minimum absolute atomic E-state index is 0.0796. The van der Waals surface area contributed by atoms with Crippen molar-refractivity contribution in [1.82, 2.24) is 5.01 Å². The molecule has 0 bridgehead atoms. The monoisotopic (exact) mass is 509 g/mol. The molecule has 0 saturated heterocycles. The van der Waals surface area contributed by atoms with E-state index in [-0.39, 0.29) is 19.2 Å². The summed E-state index contributed by atoms with van der Waals surface area (Å²) in [5.74, 6) is -0.423. The molecule has 0 saturated carbocycles. The number of benzene rings is 2. The van der Waals surface area contributed by atoms with Crippen LogP contribution >= 0.6 is 39.5 Å². The minimum Gasteiger partial charge on any atom is -0.465 e. The second kappa shape index (κ2) is 9.41. The Kier molecular flexibility index (Phi) is 7.10. The SMILES string of the molecule is CCOC(=O)C1(C)CN(C(=O)N(SC)c2ccc(Br)cc2)N=C1c1ccc(Cl)cc1. The van der Waals surface area contributed by atoms with Crippen LogP contribution in [0.4, 0.5) is 10.5 Å². The average molecular weight is 511 g/mol. The zero-order chi connectivity index (χ0) is 21.9. The predicted molar refractivity (Wildman–Crippen MR) is 125 cm³/mol. The maximum atomic E-state index is 13.3. The Balaban J connectivity index is 1.98. The summed E-state index contributed by atoms with van der Waals surface area (Å²) in [5.41, 5.74) is 0.805. The molecule has 1 unspecified atom stereocenters. The maximum Gasteiger partial charge on any atom is 0.355 e. The quantitative estimate of drug-likeness (QED) is 0.388. The van der Waals surface area contributed by atoms with E-state index < -0.39 is 11.4 Å². The van der Waals surface area contributed by atoms with Crippen LogP contribution in [0.15, 0.2) is 58.1 Å². The highest BCUT2D eigenvalue weighted by Crippen LogP contribution is 2.35. The van der Waals surface area contributed by atoms with E-state index in [1.165, 1.54) is 21.3 Å². The Hall–Kier alpha value is -2.03. The summed E-state index contributed by atoms with van der Waals surface area (Å²) in [4.78, 5) is 26.1. The van der Waals surface area contributed by atoms with Crippen molar-refractivity contribution in [3.05, 3.63) is 63.6 Å². The van der Waals surface area contributed by atoms with E-state index in [1.54, 1.807) is 38.1 Å². The van der Waals surface area contributed by atoms with E-state index in [0.717, 1.165) is 4.47 Å². The molecule has 158 valence electrons. The highest BCUT2D eigenvalue weighted by molar-refractivity contribution is 9.10. The van der Waals surface area contributed by atoms with E-state index >= 15 is 0 Å². The van der Waals surface area contributed by atoms with Crippen LogP contribution in [-0.2, 0) is 9.53 Å². The van der Waals surface area contributed by atoms with E-state index in [4.69, 9.17) is 16.3 Å². The van der Waals surface area contributed by atoms with Crippen molar-refractivity contribution in [2.24, 2.45) is 10.5 Å². The summed E-state index contributed by atoms with van der Waals surface area (Å²) in [6.07, 6.45) is 1.81. The summed E-state index contributed by atoms with van der Waals surface area (Å²) in [7, 11) is 0. The summed E-state index contributed by atoms with van der Waals surface area (Å²) in [6, 6.07) is 14.1. The van der Waals surface area contributed by atoms with E-state index in [0.29, 0.717) is 22.0 Å². The molecule has 6 nitrogen and oxygen atoms in total. The van der Waals surface area contributed by atoms with Gasteiger partial charge >= 0.3 is 12.0 Å². The number of amides is 2. The lowest BCUT2D eigenvalue weighted by atomic mass is 9.82. The van der Waals surface area contributed by atoms with Gasteiger partial charge in [-0.25, -0.2) is 14.1 Å². The van der Waals surface area contributed by atoms with Crippen LogP contribution in [0.2, 0.25) is 5.02 Å². The average Bonchev–Trinajstić information content (AvgIpc) is 3.09. The predicted octanol–water partition coefficient (Wildman–Crippen LogP) is 5.60. The van der Waals surface area contributed by atoms with Crippen molar-refractivity contribution >= 4 is 62.9 Å². The molecular weight excluding hydrogens is 490 g/mol. The van der Waals surface area contributed by atoms with Crippen LogP contribution in [0.5, 0.6) is 0 Å². The number of hydrogen-bond donors (Lipinski definition) is 0. The van der Waals surface area contributed by atoms with Crippen molar-refractivity contribution in [2.45, 2.75) is 13.8 Å². The van der Waals surface area contributed by atoms with Crippen molar-refractivity contribution in [2.75, 3.05) is 23.7 Å². The van der Waals surface area contributed by atoms with Gasteiger partial charge in [0.2, 0.25) is 0 Å². The molecule has 2 aromatic rings. The van der Waals surface area contributed by atoms with E-state index in [9.17, 15) is 9.59 Å². The fourth-order valence-electron chi connectivity index (χ4n) is 3.16. The Morgan fingerprint density at radius 2 is 1.87 bits per heavy atom. The molecule has 0 radical (unpaired) electrons. The number of nitrogens with zero attached hydrogens (tertiary/aromatic N) is 3. The van der Waals surface area contributed by atoms with E-state index in [1.807, 2.05) is 30.5 Å². The van der Waals surface area contributed by atoms with Crippen LogP contribution in [0.1, 0.15) is 19.4 Å². The fraction of sp³-hybridized carbons (Fsp3) is 0.286. The molecule has 1 heterocycles. The number of carbonyl (C=O) groups excluding carboxylic acids is 2. The van der Waals surface area contributed by atoms with Crippen molar-refractivity contribution in [3.8, 4) is 0 Å². The first-order valence-corrected chi connectivity index (χ1v) is 11.6. The molecule has 2 amide bonds. The van der Waals surface area contributed by atoms with Gasteiger partial charge in [-0.15, -0.1) is 0 Å². The number of carbonyl (C=O) groups is 2. The van der Waals surface area contributed by atoms with Gasteiger partial charge in [0.25, 0.3) is 0 Å². The first-order valence-electron chi connectivity index (χ1n) is 9.23. The number of hydrogen-bond acceptors (Lipinski definition) is 5. The first-order chi connectivity index (χ1) is 14.3. The lowest BCUT2D eigenvalue weighted by Crippen LogP contribution is -2.43. The molecule has 0 fully saturated rings. The van der Waals surface area contributed by atoms with Crippen LogP contribution in [0.25, 0.3) is 0 Å². The van der Waals surface area contributed by atoms with E-state index in [2.05, 4.69) is 21.0 Å². The summed E-state index contributed by atoms with van der Waals surface area (Å²) >= 11 is 10.7. The number of halogens is 2. The Morgan fingerprint density at radius 3 is 2.43 bits per heavy atom. The van der Waals surface area contributed by atoms with Crippen molar-refractivity contribution in [1.29, 1.82) is 0 Å². The topological polar surface area (TPSA) is 62.2 Å². The van der Waals surface area contributed by atoms with Crippen LogP contribution in [-0.4, -0.2) is 42.1 Å². The lowest BCUT2D eigenvalue weighted by Gasteiger charge is -2.26. The fourth-order valence-corrected chi connectivity index (χ4v) is 4.14. The first kappa shape index (κ1) is 22.7. The number of hydrazone groups is 1. The summed E-state index contributed by atoms with van der Waals surface area (Å²) in [5, 5.41) is 6.44.